The number of rotatable bonds is 5. The zero-order chi connectivity index (χ0) is 19.4. The molecule has 0 aliphatic carbocycles. The quantitative estimate of drug-likeness (QED) is 0.596. The highest BCUT2D eigenvalue weighted by atomic mass is 32.2. The second-order valence-corrected chi connectivity index (χ2v) is 8.08. The first-order chi connectivity index (χ1) is 12.9. The van der Waals surface area contributed by atoms with Gasteiger partial charge < -0.3 is 5.32 Å². The first kappa shape index (κ1) is 19.3. The van der Waals surface area contributed by atoms with Crippen LogP contribution in [0.1, 0.15) is 23.1 Å². The summed E-state index contributed by atoms with van der Waals surface area (Å²) >= 11 is 6.60. The third kappa shape index (κ3) is 5.05. The third-order valence-electron chi connectivity index (χ3n) is 4.15. The minimum atomic E-state index is -0.145. The molecule has 1 saturated heterocycles. The fourth-order valence-electron chi connectivity index (χ4n) is 2.58. The number of carbonyl (C=O) groups excluding carboxylic acids is 2. The molecule has 1 heterocycles. The number of aryl methyl sites for hydroxylation is 2. The SMILES string of the molecule is Cc1ccc(/C=C2/SC(=S)N(CCC(=O)Nc3ccc(C)cc3)C2=O)cc1. The molecule has 0 unspecified atom stereocenters. The highest BCUT2D eigenvalue weighted by Crippen LogP contribution is 2.32. The largest absolute Gasteiger partial charge is 0.326 e. The topological polar surface area (TPSA) is 49.4 Å². The number of hydrogen-bond donors (Lipinski definition) is 1. The normalized spacial score (nSPS) is 15.5. The zero-order valence-corrected chi connectivity index (χ0v) is 16.8. The smallest absolute Gasteiger partial charge is 0.266 e. The van der Waals surface area contributed by atoms with Gasteiger partial charge in [-0.15, -0.1) is 0 Å². The molecule has 1 N–H and O–H groups in total. The lowest BCUT2D eigenvalue weighted by Crippen LogP contribution is -2.31. The summed E-state index contributed by atoms with van der Waals surface area (Å²) in [5.74, 6) is -0.288. The first-order valence-electron chi connectivity index (χ1n) is 8.61. The molecular formula is C21H20N2O2S2. The minimum absolute atomic E-state index is 0.143. The van der Waals surface area contributed by atoms with Crippen LogP contribution in [0.15, 0.2) is 53.4 Å². The number of benzene rings is 2. The zero-order valence-electron chi connectivity index (χ0n) is 15.2. The van der Waals surface area contributed by atoms with Crippen molar-refractivity contribution < 1.29 is 9.59 Å². The molecule has 0 atom stereocenters. The monoisotopic (exact) mass is 396 g/mol. The summed E-state index contributed by atoms with van der Waals surface area (Å²) in [5, 5.41) is 2.84. The summed E-state index contributed by atoms with van der Waals surface area (Å²) < 4.78 is 0.487. The lowest BCUT2D eigenvalue weighted by molar-refractivity contribution is -0.122. The molecule has 6 heteroatoms. The number of hydrogen-bond acceptors (Lipinski definition) is 4. The van der Waals surface area contributed by atoms with E-state index in [0.29, 0.717) is 9.23 Å². The van der Waals surface area contributed by atoms with Crippen molar-refractivity contribution in [1.82, 2.24) is 4.90 Å². The molecule has 2 aromatic rings. The molecule has 2 aromatic carbocycles. The maximum absolute atomic E-state index is 12.6. The highest BCUT2D eigenvalue weighted by Gasteiger charge is 2.32. The molecule has 4 nitrogen and oxygen atoms in total. The molecule has 1 aliphatic rings. The Morgan fingerprint density at radius 1 is 1.07 bits per heavy atom. The van der Waals surface area contributed by atoms with Crippen LogP contribution < -0.4 is 5.32 Å². The lowest BCUT2D eigenvalue weighted by atomic mass is 10.1. The van der Waals surface area contributed by atoms with Crippen molar-refractivity contribution in [3.05, 3.63) is 70.1 Å². The van der Waals surface area contributed by atoms with Crippen molar-refractivity contribution in [3.63, 3.8) is 0 Å². The van der Waals surface area contributed by atoms with Gasteiger partial charge in [-0.2, -0.15) is 0 Å². The van der Waals surface area contributed by atoms with E-state index in [2.05, 4.69) is 5.32 Å². The average Bonchev–Trinajstić information content (AvgIpc) is 2.90. The number of nitrogens with zero attached hydrogens (tertiary/aromatic N) is 1. The van der Waals surface area contributed by atoms with E-state index in [9.17, 15) is 9.59 Å². The number of carbonyl (C=O) groups is 2. The maximum atomic E-state index is 12.6. The van der Waals surface area contributed by atoms with E-state index in [4.69, 9.17) is 12.2 Å². The van der Waals surface area contributed by atoms with Crippen LogP contribution in [0.25, 0.3) is 6.08 Å². The van der Waals surface area contributed by atoms with Gasteiger partial charge in [-0.1, -0.05) is 71.5 Å². The number of amides is 2. The lowest BCUT2D eigenvalue weighted by Gasteiger charge is -2.14. The number of anilines is 1. The molecule has 2 amide bonds. The van der Waals surface area contributed by atoms with E-state index in [0.717, 1.165) is 16.8 Å². The van der Waals surface area contributed by atoms with E-state index < -0.39 is 0 Å². The van der Waals surface area contributed by atoms with Crippen molar-refractivity contribution in [2.75, 3.05) is 11.9 Å². The van der Waals surface area contributed by atoms with Crippen molar-refractivity contribution >= 4 is 51.9 Å². The predicted molar refractivity (Wildman–Crippen MR) is 115 cm³/mol. The van der Waals surface area contributed by atoms with Gasteiger partial charge in [0.2, 0.25) is 5.91 Å². The van der Waals surface area contributed by atoms with Crippen LogP contribution in [0, 0.1) is 13.8 Å². The van der Waals surface area contributed by atoms with Gasteiger partial charge in [-0.25, -0.2) is 0 Å². The van der Waals surface area contributed by atoms with Gasteiger partial charge >= 0.3 is 0 Å². The van der Waals surface area contributed by atoms with Gasteiger partial charge in [-0.3, -0.25) is 14.5 Å². The second kappa shape index (κ2) is 8.50. The molecule has 138 valence electrons. The van der Waals surface area contributed by atoms with E-state index >= 15 is 0 Å². The summed E-state index contributed by atoms with van der Waals surface area (Å²) in [6, 6.07) is 15.5. The Bertz CT molecular complexity index is 903. The van der Waals surface area contributed by atoms with Crippen LogP contribution in [0.3, 0.4) is 0 Å². The van der Waals surface area contributed by atoms with Gasteiger partial charge in [0.05, 0.1) is 4.91 Å². The van der Waals surface area contributed by atoms with Crippen LogP contribution in [-0.2, 0) is 9.59 Å². The van der Waals surface area contributed by atoms with E-state index in [1.165, 1.54) is 22.2 Å². The number of nitrogens with one attached hydrogen (secondary N) is 1. The average molecular weight is 397 g/mol. The summed E-state index contributed by atoms with van der Waals surface area (Å²) in [6.07, 6.45) is 2.03. The fraction of sp³-hybridized carbons (Fsp3) is 0.190. The molecule has 1 aliphatic heterocycles. The van der Waals surface area contributed by atoms with Gasteiger partial charge in [0.25, 0.3) is 5.91 Å². The molecule has 0 aromatic heterocycles. The van der Waals surface area contributed by atoms with Crippen LogP contribution in [0.2, 0.25) is 0 Å². The summed E-state index contributed by atoms with van der Waals surface area (Å²) in [7, 11) is 0. The van der Waals surface area contributed by atoms with Gasteiger partial charge in [0, 0.05) is 18.7 Å². The Morgan fingerprint density at radius 2 is 1.67 bits per heavy atom. The molecule has 1 fully saturated rings. The molecule has 0 radical (unpaired) electrons. The standard InChI is InChI=1S/C21H20N2O2S2/c1-14-3-7-16(8-4-14)13-18-20(25)23(21(26)27-18)12-11-19(24)22-17-9-5-15(2)6-10-17/h3-10,13H,11-12H2,1-2H3,(H,22,24)/b18-13+. The fourth-order valence-corrected chi connectivity index (χ4v) is 3.89. The Hall–Kier alpha value is -2.44. The minimum Gasteiger partial charge on any atom is -0.326 e. The maximum Gasteiger partial charge on any atom is 0.266 e. The summed E-state index contributed by atoms with van der Waals surface area (Å²) in [6.45, 7) is 4.28. The first-order valence-corrected chi connectivity index (χ1v) is 9.83. The third-order valence-corrected chi connectivity index (χ3v) is 5.52. The van der Waals surface area contributed by atoms with Crippen molar-refractivity contribution in [1.29, 1.82) is 0 Å². The molecule has 0 bridgehead atoms. The molecular weight excluding hydrogens is 376 g/mol. The Labute approximate surface area is 168 Å². The molecule has 27 heavy (non-hydrogen) atoms. The van der Waals surface area contributed by atoms with E-state index in [-0.39, 0.29) is 24.8 Å². The van der Waals surface area contributed by atoms with Crippen LogP contribution >= 0.6 is 24.0 Å². The summed E-state index contributed by atoms with van der Waals surface area (Å²) in [5.41, 5.74) is 4.00. The predicted octanol–water partition coefficient (Wildman–Crippen LogP) is 4.53. The number of thioether (sulfide) groups is 1. The van der Waals surface area contributed by atoms with Crippen LogP contribution in [0.4, 0.5) is 5.69 Å². The van der Waals surface area contributed by atoms with E-state index in [1.807, 2.05) is 68.5 Å². The van der Waals surface area contributed by atoms with Crippen LogP contribution in [0.5, 0.6) is 0 Å². The Kier molecular flexibility index (Phi) is 6.08. The second-order valence-electron chi connectivity index (χ2n) is 6.41. The van der Waals surface area contributed by atoms with Gasteiger partial charge in [0.15, 0.2) is 0 Å². The Morgan fingerprint density at radius 3 is 2.30 bits per heavy atom. The molecule has 3 rings (SSSR count). The number of thiocarbonyl (C=S) groups is 1. The summed E-state index contributed by atoms with van der Waals surface area (Å²) in [4.78, 5) is 26.9. The van der Waals surface area contributed by atoms with E-state index in [1.54, 1.807) is 0 Å². The van der Waals surface area contributed by atoms with Crippen molar-refractivity contribution in [3.8, 4) is 0 Å². The Balaban J connectivity index is 1.59. The van der Waals surface area contributed by atoms with Crippen LogP contribution in [-0.4, -0.2) is 27.6 Å². The highest BCUT2D eigenvalue weighted by molar-refractivity contribution is 8.26. The molecule has 0 saturated carbocycles. The van der Waals surface area contributed by atoms with Crippen molar-refractivity contribution in [2.45, 2.75) is 20.3 Å². The molecule has 0 spiro atoms. The van der Waals surface area contributed by atoms with Gasteiger partial charge in [-0.05, 0) is 37.6 Å². The van der Waals surface area contributed by atoms with Crippen molar-refractivity contribution in [2.24, 2.45) is 0 Å². The van der Waals surface area contributed by atoms with Gasteiger partial charge in [0.1, 0.15) is 4.32 Å².